The number of nitrogens with zero attached hydrogens (tertiary/aromatic N) is 1. The molecule has 1 amide bonds. The molecule has 0 aliphatic carbocycles. The van der Waals surface area contributed by atoms with Gasteiger partial charge in [-0.2, -0.15) is 5.26 Å². The van der Waals surface area contributed by atoms with Gasteiger partial charge in [0.2, 0.25) is 0 Å². The van der Waals surface area contributed by atoms with Gasteiger partial charge in [-0.25, -0.2) is 0 Å². The molecule has 2 bridgehead atoms. The van der Waals surface area contributed by atoms with Gasteiger partial charge in [0.05, 0.1) is 11.6 Å². The molecule has 4 rings (SSSR count). The van der Waals surface area contributed by atoms with Crippen LogP contribution >= 0.6 is 11.8 Å². The predicted octanol–water partition coefficient (Wildman–Crippen LogP) is 3.33. The Kier molecular flexibility index (Phi) is 4.48. The number of nitrogens with one attached hydrogen (secondary N) is 2. The van der Waals surface area contributed by atoms with Crippen LogP contribution in [0, 0.1) is 11.3 Å². The van der Waals surface area contributed by atoms with Crippen LogP contribution in [0.1, 0.15) is 35.2 Å². The number of hydrogen-bond donors (Lipinski definition) is 2. The van der Waals surface area contributed by atoms with E-state index in [0.29, 0.717) is 23.2 Å². The average Bonchev–Trinajstić information content (AvgIpc) is 3.25. The Hall–Kier alpha value is -2.29. The zero-order valence-electron chi connectivity index (χ0n) is 13.7. The summed E-state index contributed by atoms with van der Waals surface area (Å²) < 4.78 is 0. The van der Waals surface area contributed by atoms with Gasteiger partial charge in [0.1, 0.15) is 0 Å². The molecule has 3 atom stereocenters. The van der Waals surface area contributed by atoms with E-state index in [0.717, 1.165) is 22.6 Å². The lowest BCUT2D eigenvalue weighted by molar-refractivity contribution is 0.0931. The van der Waals surface area contributed by atoms with Crippen molar-refractivity contribution in [1.29, 1.82) is 5.26 Å². The Labute approximate surface area is 151 Å². The second-order valence-corrected chi connectivity index (χ2v) is 7.78. The van der Waals surface area contributed by atoms with E-state index in [-0.39, 0.29) is 11.9 Å². The Morgan fingerprint density at radius 1 is 1.16 bits per heavy atom. The van der Waals surface area contributed by atoms with Gasteiger partial charge >= 0.3 is 0 Å². The molecule has 2 heterocycles. The fourth-order valence-corrected chi connectivity index (χ4v) is 4.55. The lowest BCUT2D eigenvalue weighted by atomic mass is 9.95. The van der Waals surface area contributed by atoms with Crippen molar-refractivity contribution in [3.63, 3.8) is 0 Å². The summed E-state index contributed by atoms with van der Waals surface area (Å²) in [5, 5.41) is 15.7. The van der Waals surface area contributed by atoms with E-state index in [9.17, 15) is 4.79 Å². The first kappa shape index (κ1) is 16.2. The number of carbonyl (C=O) groups is 1. The van der Waals surface area contributed by atoms with E-state index in [4.69, 9.17) is 5.26 Å². The normalized spacial score (nSPS) is 24.0. The number of amides is 1. The molecule has 2 N–H and O–H groups in total. The quantitative estimate of drug-likeness (QED) is 0.889. The van der Waals surface area contributed by atoms with Crippen molar-refractivity contribution >= 4 is 17.7 Å². The summed E-state index contributed by atoms with van der Waals surface area (Å²) in [6.45, 7) is 0. The SMILES string of the molecule is N#Cc1cccc(Sc2ccc(C(=O)N[C@@H]3C[C@H]4CC[C@@H]3N4)cc2)c1. The molecule has 2 aliphatic heterocycles. The maximum Gasteiger partial charge on any atom is 0.251 e. The number of fused-ring (bicyclic) bond motifs is 2. The molecule has 0 aromatic heterocycles. The molecule has 2 aromatic rings. The van der Waals surface area contributed by atoms with Crippen molar-refractivity contribution in [3.05, 3.63) is 59.7 Å². The van der Waals surface area contributed by atoms with Crippen molar-refractivity contribution in [1.82, 2.24) is 10.6 Å². The number of rotatable bonds is 4. The van der Waals surface area contributed by atoms with E-state index >= 15 is 0 Å². The topological polar surface area (TPSA) is 64.9 Å². The monoisotopic (exact) mass is 349 g/mol. The third-order valence-electron chi connectivity index (χ3n) is 4.93. The molecule has 0 radical (unpaired) electrons. The molecule has 4 nitrogen and oxygen atoms in total. The highest BCUT2D eigenvalue weighted by Gasteiger charge is 2.39. The molecule has 0 unspecified atom stereocenters. The van der Waals surface area contributed by atoms with Crippen LogP contribution in [-0.2, 0) is 0 Å². The van der Waals surface area contributed by atoms with Gasteiger partial charge in [-0.05, 0) is 61.7 Å². The first-order valence-electron chi connectivity index (χ1n) is 8.56. The lowest BCUT2D eigenvalue weighted by Gasteiger charge is -2.21. The van der Waals surface area contributed by atoms with Crippen molar-refractivity contribution in [2.75, 3.05) is 0 Å². The van der Waals surface area contributed by atoms with Crippen LogP contribution in [0.2, 0.25) is 0 Å². The summed E-state index contributed by atoms with van der Waals surface area (Å²) in [5.41, 5.74) is 1.35. The highest BCUT2D eigenvalue weighted by Crippen LogP contribution is 2.30. The van der Waals surface area contributed by atoms with Gasteiger partial charge in [0.25, 0.3) is 5.91 Å². The minimum atomic E-state index is 0.00220. The molecule has 2 fully saturated rings. The summed E-state index contributed by atoms with van der Waals surface area (Å²) in [5.74, 6) is 0.00220. The van der Waals surface area contributed by atoms with E-state index in [2.05, 4.69) is 16.7 Å². The van der Waals surface area contributed by atoms with E-state index in [1.807, 2.05) is 42.5 Å². The van der Waals surface area contributed by atoms with Crippen LogP contribution in [0.4, 0.5) is 0 Å². The second-order valence-electron chi connectivity index (χ2n) is 6.63. The van der Waals surface area contributed by atoms with Crippen LogP contribution in [0.3, 0.4) is 0 Å². The van der Waals surface area contributed by atoms with Crippen LogP contribution in [-0.4, -0.2) is 24.0 Å². The van der Waals surface area contributed by atoms with Crippen molar-refractivity contribution < 1.29 is 4.79 Å². The zero-order chi connectivity index (χ0) is 17.2. The largest absolute Gasteiger partial charge is 0.348 e. The number of benzene rings is 2. The second kappa shape index (κ2) is 6.91. The summed E-state index contributed by atoms with van der Waals surface area (Å²) in [4.78, 5) is 14.5. The smallest absolute Gasteiger partial charge is 0.251 e. The fraction of sp³-hybridized carbons (Fsp3) is 0.300. The lowest BCUT2D eigenvalue weighted by Crippen LogP contribution is -2.42. The molecule has 0 saturated carbocycles. The zero-order valence-corrected chi connectivity index (χ0v) is 14.6. The van der Waals surface area contributed by atoms with Crippen LogP contribution < -0.4 is 10.6 Å². The minimum absolute atomic E-state index is 0.00220. The van der Waals surface area contributed by atoms with Gasteiger partial charge in [-0.3, -0.25) is 4.79 Å². The Bertz CT molecular complexity index is 828. The van der Waals surface area contributed by atoms with Crippen molar-refractivity contribution in [2.45, 2.75) is 47.2 Å². The number of hydrogen-bond acceptors (Lipinski definition) is 4. The predicted molar refractivity (Wildman–Crippen MR) is 97.5 cm³/mol. The van der Waals surface area contributed by atoms with Crippen LogP contribution in [0.25, 0.3) is 0 Å². The average molecular weight is 349 g/mol. The van der Waals surface area contributed by atoms with Gasteiger partial charge < -0.3 is 10.6 Å². The van der Waals surface area contributed by atoms with Gasteiger partial charge in [-0.15, -0.1) is 0 Å². The number of carbonyl (C=O) groups excluding carboxylic acids is 1. The third kappa shape index (κ3) is 3.55. The highest BCUT2D eigenvalue weighted by atomic mass is 32.2. The van der Waals surface area contributed by atoms with Gasteiger partial charge in [0, 0.05) is 33.5 Å². The Morgan fingerprint density at radius 3 is 2.68 bits per heavy atom. The molecule has 2 aromatic carbocycles. The van der Waals surface area contributed by atoms with Crippen LogP contribution in [0.5, 0.6) is 0 Å². The Balaban J connectivity index is 1.39. The highest BCUT2D eigenvalue weighted by molar-refractivity contribution is 7.99. The molecule has 126 valence electrons. The fourth-order valence-electron chi connectivity index (χ4n) is 3.67. The maximum atomic E-state index is 12.4. The molecule has 2 aliphatic rings. The van der Waals surface area contributed by atoms with Gasteiger partial charge in [0.15, 0.2) is 0 Å². The van der Waals surface area contributed by atoms with E-state index < -0.39 is 0 Å². The van der Waals surface area contributed by atoms with Crippen molar-refractivity contribution in [2.24, 2.45) is 0 Å². The molecule has 25 heavy (non-hydrogen) atoms. The summed E-state index contributed by atoms with van der Waals surface area (Å²) >= 11 is 1.59. The van der Waals surface area contributed by atoms with E-state index in [1.54, 1.807) is 17.8 Å². The summed E-state index contributed by atoms with van der Waals surface area (Å²) in [6, 6.07) is 18.6. The van der Waals surface area contributed by atoms with Crippen LogP contribution in [0.15, 0.2) is 58.3 Å². The molecule has 2 saturated heterocycles. The maximum absolute atomic E-state index is 12.4. The molecular weight excluding hydrogens is 330 g/mol. The molecule has 5 heteroatoms. The minimum Gasteiger partial charge on any atom is -0.348 e. The summed E-state index contributed by atoms with van der Waals surface area (Å²) in [6.07, 6.45) is 3.43. The third-order valence-corrected chi connectivity index (χ3v) is 5.93. The first-order valence-corrected chi connectivity index (χ1v) is 9.38. The van der Waals surface area contributed by atoms with E-state index in [1.165, 1.54) is 6.42 Å². The van der Waals surface area contributed by atoms with Gasteiger partial charge in [-0.1, -0.05) is 17.8 Å². The summed E-state index contributed by atoms with van der Waals surface area (Å²) in [7, 11) is 0. The Morgan fingerprint density at radius 2 is 2.00 bits per heavy atom. The first-order chi connectivity index (χ1) is 12.2. The number of nitriles is 1. The standard InChI is InChI=1S/C20H19N3OS/c21-12-13-2-1-3-17(10-13)25-16-7-4-14(5-8-16)20(24)23-19-11-15-6-9-18(19)22-15/h1-5,7-8,10,15,18-19,22H,6,9,11H2,(H,23,24)/t15-,18+,19-/m1/s1. The van der Waals surface area contributed by atoms with Crippen molar-refractivity contribution in [3.8, 4) is 6.07 Å². The molecule has 0 spiro atoms. The molecular formula is C20H19N3OS.